The highest BCUT2D eigenvalue weighted by atomic mass is 32.2. The van der Waals surface area contributed by atoms with Crippen LogP contribution in [0.15, 0.2) is 47.6 Å². The molecule has 140 valence electrons. The van der Waals surface area contributed by atoms with E-state index in [-0.39, 0.29) is 17.5 Å². The van der Waals surface area contributed by atoms with Crippen LogP contribution in [-0.2, 0) is 9.84 Å². The molecule has 1 atom stereocenters. The Bertz CT molecular complexity index is 852. The molecule has 0 unspecified atom stereocenters. The van der Waals surface area contributed by atoms with Crippen molar-refractivity contribution in [2.45, 2.75) is 37.3 Å². The lowest BCUT2D eigenvalue weighted by Crippen LogP contribution is -2.39. The summed E-state index contributed by atoms with van der Waals surface area (Å²) in [6, 6.07) is 8.10. The lowest BCUT2D eigenvalue weighted by atomic mass is 10.1. The number of carbonyl (C=O) groups is 1. The van der Waals surface area contributed by atoms with Crippen molar-refractivity contribution in [3.8, 4) is 0 Å². The predicted octanol–water partition coefficient (Wildman–Crippen LogP) is 2.92. The maximum absolute atomic E-state index is 13.2. The molecule has 1 aromatic carbocycles. The molecule has 0 saturated carbocycles. The molecule has 2 N–H and O–H groups in total. The number of aromatic nitrogens is 1. The number of rotatable bonds is 7. The Morgan fingerprint density at radius 3 is 2.54 bits per heavy atom. The van der Waals surface area contributed by atoms with Crippen molar-refractivity contribution < 1.29 is 13.2 Å². The Kier molecular flexibility index (Phi) is 6.74. The molecular weight excluding hydrogens is 350 g/mol. The van der Waals surface area contributed by atoms with E-state index >= 15 is 0 Å². The fourth-order valence-electron chi connectivity index (χ4n) is 2.51. The molecule has 6 nitrogen and oxygen atoms in total. The normalized spacial score (nSPS) is 12.4. The fourth-order valence-corrected chi connectivity index (χ4v) is 4.24. The quantitative estimate of drug-likeness (QED) is 0.779. The number of nitrogens with one attached hydrogen (secondary N) is 2. The molecule has 0 saturated heterocycles. The van der Waals surface area contributed by atoms with E-state index in [4.69, 9.17) is 0 Å². The number of amides is 2. The Labute approximate surface area is 155 Å². The fraction of sp³-hybridized carbons (Fsp3) is 0.368. The minimum Gasteiger partial charge on any atom is -0.338 e. The van der Waals surface area contributed by atoms with Crippen molar-refractivity contribution in [3.63, 3.8) is 0 Å². The summed E-state index contributed by atoms with van der Waals surface area (Å²) in [6.07, 6.45) is 3.92. The van der Waals surface area contributed by atoms with E-state index in [2.05, 4.69) is 15.6 Å². The van der Waals surface area contributed by atoms with Gasteiger partial charge in [0.25, 0.3) is 0 Å². The number of pyridine rings is 1. The molecule has 1 aromatic heterocycles. The van der Waals surface area contributed by atoms with Gasteiger partial charge < -0.3 is 10.6 Å². The average molecular weight is 375 g/mol. The molecule has 0 aliphatic heterocycles. The van der Waals surface area contributed by atoms with Gasteiger partial charge >= 0.3 is 6.03 Å². The van der Waals surface area contributed by atoms with E-state index in [1.54, 1.807) is 36.5 Å². The van der Waals surface area contributed by atoms with Gasteiger partial charge in [-0.3, -0.25) is 4.98 Å². The highest BCUT2D eigenvalue weighted by Gasteiger charge is 2.30. The second-order valence-electron chi connectivity index (χ2n) is 6.20. The van der Waals surface area contributed by atoms with Crippen molar-refractivity contribution in [1.29, 1.82) is 0 Å². The first-order valence-electron chi connectivity index (χ1n) is 8.59. The summed E-state index contributed by atoms with van der Waals surface area (Å²) >= 11 is 0. The Morgan fingerprint density at radius 2 is 1.92 bits per heavy atom. The van der Waals surface area contributed by atoms with Gasteiger partial charge in [-0.05, 0) is 55.2 Å². The van der Waals surface area contributed by atoms with Gasteiger partial charge in [0.15, 0.2) is 9.84 Å². The molecule has 0 aliphatic rings. The summed E-state index contributed by atoms with van der Waals surface area (Å²) < 4.78 is 26.4. The van der Waals surface area contributed by atoms with E-state index in [0.717, 1.165) is 17.5 Å². The molecule has 2 aromatic rings. The van der Waals surface area contributed by atoms with Crippen LogP contribution in [-0.4, -0.2) is 32.5 Å². The standard InChI is InChI=1S/C19H25N3O3S/c1-4-9-21-19(23)22-13-18(16-6-5-10-20-12-16)26(24,25)17-8-7-14(2)15(3)11-17/h5-8,10-12,18H,4,9,13H2,1-3H3,(H2,21,22,23)/t18-/m1/s1. The molecule has 0 fully saturated rings. The molecule has 0 spiro atoms. The molecule has 1 heterocycles. The van der Waals surface area contributed by atoms with Gasteiger partial charge in [-0.25, -0.2) is 13.2 Å². The van der Waals surface area contributed by atoms with Crippen LogP contribution < -0.4 is 10.6 Å². The third kappa shape index (κ3) is 4.82. The van der Waals surface area contributed by atoms with Crippen molar-refractivity contribution >= 4 is 15.9 Å². The van der Waals surface area contributed by atoms with Gasteiger partial charge in [-0.2, -0.15) is 0 Å². The van der Waals surface area contributed by atoms with E-state index < -0.39 is 15.1 Å². The van der Waals surface area contributed by atoms with Crippen LogP contribution in [0.5, 0.6) is 0 Å². The van der Waals surface area contributed by atoms with Crippen LogP contribution in [0.25, 0.3) is 0 Å². The van der Waals surface area contributed by atoms with Gasteiger partial charge in [-0.1, -0.05) is 19.1 Å². The number of urea groups is 1. The number of nitrogens with zero attached hydrogens (tertiary/aromatic N) is 1. The Hall–Kier alpha value is -2.41. The lowest BCUT2D eigenvalue weighted by molar-refractivity contribution is 0.241. The minimum absolute atomic E-state index is 0.0313. The maximum Gasteiger partial charge on any atom is 0.314 e. The van der Waals surface area contributed by atoms with Gasteiger partial charge in [0.1, 0.15) is 5.25 Å². The summed E-state index contributed by atoms with van der Waals surface area (Å²) in [5.74, 6) is 0. The van der Waals surface area contributed by atoms with E-state index in [1.807, 2.05) is 20.8 Å². The summed E-state index contributed by atoms with van der Waals surface area (Å²) in [6.45, 7) is 6.26. The number of hydrogen-bond acceptors (Lipinski definition) is 4. The zero-order valence-electron chi connectivity index (χ0n) is 15.3. The minimum atomic E-state index is -3.69. The van der Waals surface area contributed by atoms with Gasteiger partial charge in [0.2, 0.25) is 0 Å². The first-order chi connectivity index (χ1) is 12.4. The van der Waals surface area contributed by atoms with E-state index in [1.165, 1.54) is 6.20 Å². The molecular formula is C19H25N3O3S. The van der Waals surface area contributed by atoms with Crippen molar-refractivity contribution in [2.75, 3.05) is 13.1 Å². The second kappa shape index (κ2) is 8.80. The third-order valence-corrected chi connectivity index (χ3v) is 6.32. The SMILES string of the molecule is CCCNC(=O)NC[C@H](c1cccnc1)S(=O)(=O)c1ccc(C)c(C)c1. The van der Waals surface area contributed by atoms with Crippen LogP contribution in [0.1, 0.15) is 35.3 Å². The van der Waals surface area contributed by atoms with Crippen molar-refractivity contribution in [1.82, 2.24) is 15.6 Å². The molecule has 0 bridgehead atoms. The molecule has 26 heavy (non-hydrogen) atoms. The number of carbonyl (C=O) groups excluding carboxylic acids is 1. The maximum atomic E-state index is 13.2. The van der Waals surface area contributed by atoms with Gasteiger partial charge in [0, 0.05) is 25.5 Å². The van der Waals surface area contributed by atoms with Crippen LogP contribution in [0.4, 0.5) is 4.79 Å². The third-order valence-electron chi connectivity index (χ3n) is 4.22. The first kappa shape index (κ1) is 19.9. The monoisotopic (exact) mass is 375 g/mol. The number of benzene rings is 1. The van der Waals surface area contributed by atoms with Gasteiger partial charge in [0.05, 0.1) is 4.90 Å². The summed E-state index contributed by atoms with van der Waals surface area (Å²) in [5, 5.41) is 4.44. The van der Waals surface area contributed by atoms with Crippen molar-refractivity contribution in [2.24, 2.45) is 0 Å². The summed E-state index contributed by atoms with van der Waals surface area (Å²) in [4.78, 5) is 16.1. The van der Waals surface area contributed by atoms with Crippen LogP contribution >= 0.6 is 0 Å². The van der Waals surface area contributed by atoms with Crippen LogP contribution in [0.3, 0.4) is 0 Å². The summed E-state index contributed by atoms with van der Waals surface area (Å²) in [5.41, 5.74) is 2.48. The number of sulfone groups is 1. The number of aryl methyl sites for hydroxylation is 2. The van der Waals surface area contributed by atoms with Crippen molar-refractivity contribution in [3.05, 3.63) is 59.4 Å². The Balaban J connectivity index is 2.33. The number of hydrogen-bond donors (Lipinski definition) is 2. The zero-order chi connectivity index (χ0) is 19.2. The molecule has 7 heteroatoms. The molecule has 2 rings (SSSR count). The molecule has 0 radical (unpaired) electrons. The molecule has 2 amide bonds. The topological polar surface area (TPSA) is 88.2 Å². The second-order valence-corrected chi connectivity index (χ2v) is 8.33. The first-order valence-corrected chi connectivity index (χ1v) is 10.1. The average Bonchev–Trinajstić information content (AvgIpc) is 2.63. The Morgan fingerprint density at radius 1 is 1.15 bits per heavy atom. The van der Waals surface area contributed by atoms with Gasteiger partial charge in [-0.15, -0.1) is 0 Å². The summed E-state index contributed by atoms with van der Waals surface area (Å²) in [7, 11) is -3.69. The van der Waals surface area contributed by atoms with E-state index in [9.17, 15) is 13.2 Å². The zero-order valence-corrected chi connectivity index (χ0v) is 16.1. The van der Waals surface area contributed by atoms with E-state index in [0.29, 0.717) is 12.1 Å². The predicted molar refractivity (Wildman–Crippen MR) is 102 cm³/mol. The van der Waals surface area contributed by atoms with Crippen LogP contribution in [0, 0.1) is 13.8 Å². The smallest absolute Gasteiger partial charge is 0.314 e. The highest BCUT2D eigenvalue weighted by Crippen LogP contribution is 2.29. The largest absolute Gasteiger partial charge is 0.338 e. The molecule has 0 aliphatic carbocycles. The lowest BCUT2D eigenvalue weighted by Gasteiger charge is -2.19. The highest BCUT2D eigenvalue weighted by molar-refractivity contribution is 7.91. The van der Waals surface area contributed by atoms with Crippen LogP contribution in [0.2, 0.25) is 0 Å².